The van der Waals surface area contributed by atoms with Gasteiger partial charge in [0.1, 0.15) is 5.82 Å². The Morgan fingerprint density at radius 3 is 2.80 bits per heavy atom. The SMILES string of the molecule is CCOCCc1[nH]nc(N)c1CC(C)C. The van der Waals surface area contributed by atoms with Gasteiger partial charge in [0.05, 0.1) is 6.61 Å². The van der Waals surface area contributed by atoms with Gasteiger partial charge >= 0.3 is 0 Å². The molecule has 1 aromatic rings. The van der Waals surface area contributed by atoms with E-state index in [0.29, 0.717) is 11.7 Å². The van der Waals surface area contributed by atoms with Gasteiger partial charge in [0, 0.05) is 24.3 Å². The molecular formula is C11H21N3O. The first-order valence-corrected chi connectivity index (χ1v) is 5.54. The summed E-state index contributed by atoms with van der Waals surface area (Å²) in [6.07, 6.45) is 1.84. The maximum absolute atomic E-state index is 5.81. The van der Waals surface area contributed by atoms with E-state index in [1.54, 1.807) is 0 Å². The van der Waals surface area contributed by atoms with Crippen molar-refractivity contribution in [3.63, 3.8) is 0 Å². The molecule has 0 saturated carbocycles. The summed E-state index contributed by atoms with van der Waals surface area (Å²) in [5, 5.41) is 7.03. The fourth-order valence-electron chi connectivity index (χ4n) is 1.58. The fraction of sp³-hybridized carbons (Fsp3) is 0.727. The van der Waals surface area contributed by atoms with Crippen molar-refractivity contribution >= 4 is 5.82 Å². The monoisotopic (exact) mass is 211 g/mol. The highest BCUT2D eigenvalue weighted by Crippen LogP contribution is 2.18. The van der Waals surface area contributed by atoms with Gasteiger partial charge in [-0.25, -0.2) is 0 Å². The van der Waals surface area contributed by atoms with E-state index >= 15 is 0 Å². The summed E-state index contributed by atoms with van der Waals surface area (Å²) in [5.41, 5.74) is 8.09. The molecule has 0 radical (unpaired) electrons. The summed E-state index contributed by atoms with van der Waals surface area (Å²) in [7, 11) is 0. The minimum atomic E-state index is 0.593. The second kappa shape index (κ2) is 5.75. The zero-order chi connectivity index (χ0) is 11.3. The predicted molar refractivity (Wildman–Crippen MR) is 61.7 cm³/mol. The first kappa shape index (κ1) is 12.0. The molecule has 0 aliphatic heterocycles. The quantitative estimate of drug-likeness (QED) is 0.705. The van der Waals surface area contributed by atoms with Crippen molar-refractivity contribution < 1.29 is 4.74 Å². The van der Waals surface area contributed by atoms with Gasteiger partial charge in [-0.15, -0.1) is 0 Å². The summed E-state index contributed by atoms with van der Waals surface area (Å²) in [5.74, 6) is 1.23. The van der Waals surface area contributed by atoms with Crippen LogP contribution in [0.15, 0.2) is 0 Å². The van der Waals surface area contributed by atoms with Gasteiger partial charge in [0.2, 0.25) is 0 Å². The third kappa shape index (κ3) is 3.55. The largest absolute Gasteiger partial charge is 0.382 e. The van der Waals surface area contributed by atoms with Crippen molar-refractivity contribution in [3.05, 3.63) is 11.3 Å². The van der Waals surface area contributed by atoms with Gasteiger partial charge in [-0.2, -0.15) is 5.10 Å². The van der Waals surface area contributed by atoms with Crippen LogP contribution in [0.5, 0.6) is 0 Å². The highest BCUT2D eigenvalue weighted by molar-refractivity contribution is 5.42. The number of nitrogens with two attached hydrogens (primary N) is 1. The number of nitrogen functional groups attached to an aromatic ring is 1. The molecule has 1 heterocycles. The number of hydrogen-bond donors (Lipinski definition) is 2. The molecule has 4 nitrogen and oxygen atoms in total. The van der Waals surface area contributed by atoms with Gasteiger partial charge in [-0.05, 0) is 19.3 Å². The molecule has 0 atom stereocenters. The molecule has 0 spiro atoms. The third-order valence-electron chi connectivity index (χ3n) is 2.30. The molecule has 0 amide bonds. The van der Waals surface area contributed by atoms with E-state index in [0.717, 1.165) is 37.3 Å². The van der Waals surface area contributed by atoms with Gasteiger partial charge in [0.15, 0.2) is 0 Å². The highest BCUT2D eigenvalue weighted by atomic mass is 16.5. The van der Waals surface area contributed by atoms with Crippen LogP contribution in [0.2, 0.25) is 0 Å². The van der Waals surface area contributed by atoms with Gasteiger partial charge in [-0.1, -0.05) is 13.8 Å². The molecule has 1 aromatic heterocycles. The first-order chi connectivity index (χ1) is 7.15. The number of nitrogens with zero attached hydrogens (tertiary/aromatic N) is 1. The topological polar surface area (TPSA) is 63.9 Å². The Morgan fingerprint density at radius 1 is 1.47 bits per heavy atom. The van der Waals surface area contributed by atoms with Gasteiger partial charge < -0.3 is 10.5 Å². The number of H-pyrrole nitrogens is 1. The molecule has 0 fully saturated rings. The maximum atomic E-state index is 5.81. The summed E-state index contributed by atoms with van der Waals surface area (Å²) >= 11 is 0. The number of rotatable bonds is 6. The third-order valence-corrected chi connectivity index (χ3v) is 2.30. The van der Waals surface area contributed by atoms with E-state index < -0.39 is 0 Å². The lowest BCUT2D eigenvalue weighted by atomic mass is 10.0. The predicted octanol–water partition coefficient (Wildman–Crippen LogP) is 1.77. The number of nitrogens with one attached hydrogen (secondary N) is 1. The Morgan fingerprint density at radius 2 is 2.20 bits per heavy atom. The smallest absolute Gasteiger partial charge is 0.148 e. The van der Waals surface area contributed by atoms with E-state index in [-0.39, 0.29) is 0 Å². The average molecular weight is 211 g/mol. The van der Waals surface area contributed by atoms with Crippen molar-refractivity contribution in [3.8, 4) is 0 Å². The van der Waals surface area contributed by atoms with Crippen molar-refractivity contribution in [2.45, 2.75) is 33.6 Å². The Hall–Kier alpha value is -1.03. The van der Waals surface area contributed by atoms with Crippen molar-refractivity contribution in [2.24, 2.45) is 5.92 Å². The molecule has 0 aromatic carbocycles. The number of aromatic nitrogens is 2. The Balaban J connectivity index is 2.62. The minimum absolute atomic E-state index is 0.593. The Labute approximate surface area is 91.2 Å². The zero-order valence-electron chi connectivity index (χ0n) is 9.84. The van der Waals surface area contributed by atoms with E-state index in [1.165, 1.54) is 0 Å². The summed E-state index contributed by atoms with van der Waals surface area (Å²) in [6.45, 7) is 7.83. The average Bonchev–Trinajstić information content (AvgIpc) is 2.49. The van der Waals surface area contributed by atoms with Gasteiger partial charge in [0.25, 0.3) is 0 Å². The van der Waals surface area contributed by atoms with Crippen molar-refractivity contribution in [2.75, 3.05) is 18.9 Å². The number of hydrogen-bond acceptors (Lipinski definition) is 3. The minimum Gasteiger partial charge on any atom is -0.382 e. The molecule has 3 N–H and O–H groups in total. The lowest BCUT2D eigenvalue weighted by Gasteiger charge is -2.06. The van der Waals surface area contributed by atoms with Crippen molar-refractivity contribution in [1.82, 2.24) is 10.2 Å². The molecule has 0 saturated heterocycles. The summed E-state index contributed by atoms with van der Waals surface area (Å²) < 4.78 is 5.32. The first-order valence-electron chi connectivity index (χ1n) is 5.54. The Bertz CT molecular complexity index is 294. The fourth-order valence-corrected chi connectivity index (χ4v) is 1.58. The second-order valence-corrected chi connectivity index (χ2v) is 4.11. The Kier molecular flexibility index (Phi) is 4.62. The second-order valence-electron chi connectivity index (χ2n) is 4.11. The molecule has 0 aliphatic rings. The standard InChI is InChI=1S/C11H21N3O/c1-4-15-6-5-10-9(7-8(2)3)11(12)14-13-10/h8H,4-7H2,1-3H3,(H3,12,13,14). The van der Waals surface area contributed by atoms with Gasteiger partial charge in [-0.3, -0.25) is 5.10 Å². The van der Waals surface area contributed by atoms with Crippen LogP contribution < -0.4 is 5.73 Å². The van der Waals surface area contributed by atoms with Crippen LogP contribution in [-0.4, -0.2) is 23.4 Å². The lowest BCUT2D eigenvalue weighted by molar-refractivity contribution is 0.150. The van der Waals surface area contributed by atoms with E-state index in [4.69, 9.17) is 10.5 Å². The molecule has 0 aliphatic carbocycles. The molecule has 4 heteroatoms. The van der Waals surface area contributed by atoms with Crippen LogP contribution in [0.4, 0.5) is 5.82 Å². The number of ether oxygens (including phenoxy) is 1. The highest BCUT2D eigenvalue weighted by Gasteiger charge is 2.11. The van der Waals surface area contributed by atoms with E-state index in [1.807, 2.05) is 6.92 Å². The summed E-state index contributed by atoms with van der Waals surface area (Å²) in [6, 6.07) is 0. The summed E-state index contributed by atoms with van der Waals surface area (Å²) in [4.78, 5) is 0. The molecule has 0 unspecified atom stereocenters. The number of anilines is 1. The van der Waals surface area contributed by atoms with Crippen LogP contribution in [0.25, 0.3) is 0 Å². The number of aromatic amines is 1. The molecule has 15 heavy (non-hydrogen) atoms. The zero-order valence-corrected chi connectivity index (χ0v) is 9.84. The normalized spacial score (nSPS) is 11.2. The van der Waals surface area contributed by atoms with Crippen LogP contribution in [0, 0.1) is 5.92 Å². The molecule has 1 rings (SSSR count). The van der Waals surface area contributed by atoms with Crippen LogP contribution >= 0.6 is 0 Å². The van der Waals surface area contributed by atoms with E-state index in [9.17, 15) is 0 Å². The maximum Gasteiger partial charge on any atom is 0.148 e. The van der Waals surface area contributed by atoms with Crippen LogP contribution in [-0.2, 0) is 17.6 Å². The van der Waals surface area contributed by atoms with Crippen LogP contribution in [0.1, 0.15) is 32.0 Å². The van der Waals surface area contributed by atoms with E-state index in [2.05, 4.69) is 24.0 Å². The molecular weight excluding hydrogens is 190 g/mol. The molecule has 0 bridgehead atoms. The van der Waals surface area contributed by atoms with Crippen molar-refractivity contribution in [1.29, 1.82) is 0 Å². The molecule has 86 valence electrons. The lowest BCUT2D eigenvalue weighted by Crippen LogP contribution is -2.04. The van der Waals surface area contributed by atoms with Crippen LogP contribution in [0.3, 0.4) is 0 Å².